The number of benzene rings is 2. The summed E-state index contributed by atoms with van der Waals surface area (Å²) >= 11 is 0. The molecule has 2 saturated heterocycles. The van der Waals surface area contributed by atoms with Gasteiger partial charge in [0, 0.05) is 11.6 Å². The summed E-state index contributed by atoms with van der Waals surface area (Å²) < 4.78 is 16.8. The van der Waals surface area contributed by atoms with Crippen molar-refractivity contribution in [1.82, 2.24) is 0 Å². The highest BCUT2D eigenvalue weighted by Crippen LogP contribution is 2.50. The van der Waals surface area contributed by atoms with Gasteiger partial charge in [-0.05, 0) is 24.3 Å². The van der Waals surface area contributed by atoms with Gasteiger partial charge in [-0.3, -0.25) is 4.79 Å². The van der Waals surface area contributed by atoms with Crippen LogP contribution in [0, 0.1) is 0 Å². The van der Waals surface area contributed by atoms with Gasteiger partial charge < -0.3 is 59.8 Å². The fourth-order valence-corrected chi connectivity index (χ4v) is 4.83. The minimum absolute atomic E-state index is 0.0475. The molecule has 38 heavy (non-hydrogen) atoms. The molecule has 204 valence electrons. The Labute approximate surface area is 213 Å². The monoisotopic (exact) mass is 534 g/mol. The average Bonchev–Trinajstić information content (AvgIpc) is 2.88. The van der Waals surface area contributed by atoms with Gasteiger partial charge in [0.2, 0.25) is 0 Å². The molecule has 2 aliphatic heterocycles. The van der Waals surface area contributed by atoms with Crippen LogP contribution in [0.25, 0.3) is 22.3 Å². The Balaban J connectivity index is 1.80. The van der Waals surface area contributed by atoms with Gasteiger partial charge in [-0.15, -0.1) is 0 Å². The van der Waals surface area contributed by atoms with Gasteiger partial charge in [0.1, 0.15) is 77.2 Å². The van der Waals surface area contributed by atoms with Crippen molar-refractivity contribution in [2.45, 2.75) is 48.8 Å². The van der Waals surface area contributed by atoms with Gasteiger partial charge in [-0.2, -0.15) is 0 Å². The fourth-order valence-electron chi connectivity index (χ4n) is 4.83. The van der Waals surface area contributed by atoms with Crippen molar-refractivity contribution in [3.05, 3.63) is 51.7 Å². The normalized spacial score (nSPS) is 31.9. The molecule has 0 saturated carbocycles. The second-order valence-corrected chi connectivity index (χ2v) is 9.36. The lowest BCUT2D eigenvalue weighted by molar-refractivity contribution is -0.191. The molecule has 2 aliphatic rings. The lowest BCUT2D eigenvalue weighted by Crippen LogP contribution is -2.49. The molecule has 1 aromatic heterocycles. The number of aromatic hydroxyl groups is 3. The molecule has 0 spiro atoms. The molecule has 0 aliphatic carbocycles. The molecule has 5 rings (SSSR count). The van der Waals surface area contributed by atoms with Crippen molar-refractivity contribution in [2.24, 2.45) is 0 Å². The predicted octanol–water partition coefficient (Wildman–Crippen LogP) is -1.12. The Bertz CT molecular complexity index is 1400. The Morgan fingerprint density at radius 3 is 1.76 bits per heavy atom. The van der Waals surface area contributed by atoms with Crippen molar-refractivity contribution >= 4 is 11.0 Å². The third-order valence-corrected chi connectivity index (χ3v) is 6.92. The number of fused-ring (bicyclic) bond motifs is 1. The molecule has 0 amide bonds. The summed E-state index contributed by atoms with van der Waals surface area (Å²) in [5, 5.41) is 93.1. The number of hydrogen-bond acceptors (Lipinski definition) is 13. The molecule has 2 fully saturated rings. The first-order chi connectivity index (χ1) is 18.0. The predicted molar refractivity (Wildman–Crippen MR) is 126 cm³/mol. The zero-order valence-electron chi connectivity index (χ0n) is 19.6. The summed E-state index contributed by atoms with van der Waals surface area (Å²) in [6, 6.07) is 6.60. The van der Waals surface area contributed by atoms with Gasteiger partial charge in [0.15, 0.2) is 11.0 Å². The molecule has 3 heterocycles. The summed E-state index contributed by atoms with van der Waals surface area (Å²) in [6.45, 7) is -0.966. The lowest BCUT2D eigenvalue weighted by Gasteiger charge is -2.38. The molecular weight excluding hydrogens is 508 g/mol. The van der Waals surface area contributed by atoms with Crippen LogP contribution in [0.4, 0.5) is 0 Å². The first-order valence-corrected chi connectivity index (χ1v) is 11.7. The van der Waals surface area contributed by atoms with Gasteiger partial charge in [0.25, 0.3) is 0 Å². The van der Waals surface area contributed by atoms with E-state index in [-0.39, 0.29) is 11.5 Å². The Morgan fingerprint density at radius 2 is 1.21 bits per heavy atom. The first kappa shape index (κ1) is 26.3. The van der Waals surface area contributed by atoms with E-state index in [0.29, 0.717) is 5.56 Å². The summed E-state index contributed by atoms with van der Waals surface area (Å²) in [5.74, 6) is -1.80. The smallest absolute Gasteiger partial charge is 0.197 e. The van der Waals surface area contributed by atoms with Crippen LogP contribution < -0.4 is 5.43 Å². The molecule has 0 radical (unpaired) electrons. The van der Waals surface area contributed by atoms with Crippen molar-refractivity contribution in [3.63, 3.8) is 0 Å². The van der Waals surface area contributed by atoms with Crippen LogP contribution in [0.3, 0.4) is 0 Å². The maximum absolute atomic E-state index is 13.3. The molecule has 8 atom stereocenters. The van der Waals surface area contributed by atoms with E-state index in [1.807, 2.05) is 0 Å². The molecule has 0 unspecified atom stereocenters. The van der Waals surface area contributed by atoms with Crippen LogP contribution in [0.1, 0.15) is 23.3 Å². The summed E-state index contributed by atoms with van der Waals surface area (Å²) in [5.41, 5.74) is -1.86. The van der Waals surface area contributed by atoms with Crippen LogP contribution in [0.5, 0.6) is 17.2 Å². The molecule has 9 N–H and O–H groups in total. The molecular formula is C25H26O13. The van der Waals surface area contributed by atoms with Crippen molar-refractivity contribution in [1.29, 1.82) is 0 Å². The van der Waals surface area contributed by atoms with Gasteiger partial charge in [0.05, 0.1) is 24.3 Å². The van der Waals surface area contributed by atoms with Gasteiger partial charge in [-0.1, -0.05) is 0 Å². The first-order valence-electron chi connectivity index (χ1n) is 11.7. The quantitative estimate of drug-likeness (QED) is 0.194. The maximum atomic E-state index is 13.3. The van der Waals surface area contributed by atoms with E-state index in [0.717, 1.165) is 6.07 Å². The van der Waals surface area contributed by atoms with E-state index in [2.05, 4.69) is 0 Å². The van der Waals surface area contributed by atoms with Crippen molar-refractivity contribution in [2.75, 3.05) is 13.2 Å². The number of phenols is 3. The molecule has 2 aromatic carbocycles. The standard InChI is InChI=1S/C25H26O13/c26-9-3-1-8(2-4-9)13-5-10(27)14-19(32)15(24-21(34)17(30)11(28)6-36-24)20(33)16(23(14)38-13)25-22(35)18(31)12(29)7-37-25/h1-5,11-12,17-18,21-22,24-26,28-35H,6-7H2/t11-,12-,17-,18-,21+,22+,24+,25-/m0/s1. The number of rotatable bonds is 3. The van der Waals surface area contributed by atoms with E-state index in [1.54, 1.807) is 0 Å². The van der Waals surface area contributed by atoms with Crippen molar-refractivity contribution in [3.8, 4) is 28.6 Å². The Morgan fingerprint density at radius 1 is 0.684 bits per heavy atom. The van der Waals surface area contributed by atoms with E-state index < -0.39 is 101 Å². The maximum Gasteiger partial charge on any atom is 0.197 e. The van der Waals surface area contributed by atoms with Crippen LogP contribution in [0.2, 0.25) is 0 Å². The Hall–Kier alpha value is -3.27. The molecule has 3 aromatic rings. The zero-order valence-corrected chi connectivity index (χ0v) is 19.6. The largest absolute Gasteiger partial charge is 0.508 e. The zero-order chi connectivity index (χ0) is 27.5. The topological polar surface area (TPSA) is 231 Å². The highest BCUT2D eigenvalue weighted by molar-refractivity contribution is 5.91. The SMILES string of the molecule is O=c1cc(-c2ccc(O)cc2)oc2c([C@@H]3OC[C@H](O)[C@H](O)[C@H]3O)c(O)c([C@H]3OC[C@H](O)[C@H](O)[C@H]3O)c(O)c12. The average molecular weight is 534 g/mol. The number of aliphatic hydroxyl groups excluding tert-OH is 6. The summed E-state index contributed by atoms with van der Waals surface area (Å²) in [4.78, 5) is 13.3. The van der Waals surface area contributed by atoms with Crippen molar-refractivity contribution < 1.29 is 59.8 Å². The molecule has 0 bridgehead atoms. The van der Waals surface area contributed by atoms with E-state index in [4.69, 9.17) is 13.9 Å². The minimum Gasteiger partial charge on any atom is -0.508 e. The van der Waals surface area contributed by atoms with Crippen LogP contribution >= 0.6 is 0 Å². The molecule has 13 heteroatoms. The highest BCUT2D eigenvalue weighted by atomic mass is 16.5. The fraction of sp³-hybridized carbons (Fsp3) is 0.400. The van der Waals surface area contributed by atoms with E-state index >= 15 is 0 Å². The van der Waals surface area contributed by atoms with E-state index in [1.165, 1.54) is 24.3 Å². The van der Waals surface area contributed by atoms with Crippen LogP contribution in [0.15, 0.2) is 39.5 Å². The van der Waals surface area contributed by atoms with E-state index in [9.17, 15) is 50.8 Å². The molecule has 13 nitrogen and oxygen atoms in total. The third kappa shape index (κ3) is 4.19. The summed E-state index contributed by atoms with van der Waals surface area (Å²) in [7, 11) is 0. The number of phenolic OH excluding ortho intramolecular Hbond substituents is 3. The second-order valence-electron chi connectivity index (χ2n) is 9.36. The van der Waals surface area contributed by atoms with Crippen LogP contribution in [-0.2, 0) is 9.47 Å². The Kier molecular flexibility index (Phi) is 6.79. The minimum atomic E-state index is -1.85. The third-order valence-electron chi connectivity index (χ3n) is 6.92. The number of hydrogen-bond donors (Lipinski definition) is 9. The lowest BCUT2D eigenvalue weighted by atomic mass is 9.87. The second kappa shape index (κ2) is 9.80. The van der Waals surface area contributed by atoms with Crippen LogP contribution in [-0.4, -0.2) is 95.8 Å². The highest BCUT2D eigenvalue weighted by Gasteiger charge is 2.46. The number of aliphatic hydroxyl groups is 6. The summed E-state index contributed by atoms with van der Waals surface area (Å²) in [6.07, 6.45) is -13.3. The van der Waals surface area contributed by atoms with Gasteiger partial charge >= 0.3 is 0 Å². The van der Waals surface area contributed by atoms with Gasteiger partial charge in [-0.25, -0.2) is 0 Å². The number of ether oxygens (including phenoxy) is 2.